The van der Waals surface area contributed by atoms with Crippen LogP contribution in [0.25, 0.3) is 27.6 Å². The number of hydrogen-bond donors (Lipinski definition) is 1. The van der Waals surface area contributed by atoms with Gasteiger partial charge in [0, 0.05) is 21.4 Å². The lowest BCUT2D eigenvalue weighted by Gasteiger charge is -2.05. The topological polar surface area (TPSA) is 20.7 Å². The molecule has 0 unspecified atom stereocenters. The van der Waals surface area contributed by atoms with Crippen LogP contribution in [0.5, 0.6) is 0 Å². The van der Waals surface area contributed by atoms with E-state index in [0.29, 0.717) is 0 Å². The van der Waals surface area contributed by atoms with Crippen LogP contribution in [0, 0.1) is 0 Å². The molecule has 92 valence electrons. The van der Waals surface area contributed by atoms with E-state index in [1.807, 2.05) is 12.3 Å². The van der Waals surface area contributed by atoms with Gasteiger partial charge in [0.2, 0.25) is 0 Å². The molecule has 0 aliphatic carbocycles. The molecule has 2 aromatic heterocycles. The van der Waals surface area contributed by atoms with Gasteiger partial charge in [-0.15, -0.1) is 0 Å². The zero-order chi connectivity index (χ0) is 12.8. The molecule has 0 saturated heterocycles. The van der Waals surface area contributed by atoms with Gasteiger partial charge in [0.05, 0.1) is 11.0 Å². The highest BCUT2D eigenvalue weighted by atomic mass is 79.9. The van der Waals surface area contributed by atoms with Gasteiger partial charge in [0.25, 0.3) is 0 Å². The summed E-state index contributed by atoms with van der Waals surface area (Å²) in [4.78, 5) is 3.29. The minimum absolute atomic E-state index is 1.08. The molecule has 0 saturated carbocycles. The Labute approximate surface area is 118 Å². The third kappa shape index (κ3) is 1.48. The smallest absolute Gasteiger partial charge is 0.115 e. The summed E-state index contributed by atoms with van der Waals surface area (Å²) in [5, 5.41) is 2.54. The Hall–Kier alpha value is -2.00. The zero-order valence-corrected chi connectivity index (χ0v) is 11.7. The molecule has 0 amide bonds. The standard InChI is InChI=1S/C16H11BrN2/c17-13-7-3-6-12-11-5-1-2-8-14(11)19(16(12)13)15-9-4-10-18-15/h1-10,18H. The number of para-hydroxylation sites is 2. The quantitative estimate of drug-likeness (QED) is 0.517. The Kier molecular flexibility index (Phi) is 2.29. The van der Waals surface area contributed by atoms with Crippen LogP contribution < -0.4 is 0 Å². The van der Waals surface area contributed by atoms with Crippen LogP contribution >= 0.6 is 15.9 Å². The SMILES string of the molecule is Brc1cccc2c3ccccc3n(-c3ccc[nH]3)c12. The van der Waals surface area contributed by atoms with E-state index in [2.05, 4.69) is 74.0 Å². The van der Waals surface area contributed by atoms with Crippen LogP contribution in [-0.4, -0.2) is 9.55 Å². The lowest BCUT2D eigenvalue weighted by molar-refractivity contribution is 1.10. The van der Waals surface area contributed by atoms with E-state index < -0.39 is 0 Å². The van der Waals surface area contributed by atoms with Crippen LogP contribution in [0.2, 0.25) is 0 Å². The summed E-state index contributed by atoms with van der Waals surface area (Å²) in [5.41, 5.74) is 2.41. The van der Waals surface area contributed by atoms with Crippen molar-refractivity contribution in [1.29, 1.82) is 0 Å². The largest absolute Gasteiger partial charge is 0.348 e. The number of aromatic amines is 1. The summed E-state index contributed by atoms with van der Waals surface area (Å²) in [6.45, 7) is 0. The van der Waals surface area contributed by atoms with Gasteiger partial charge in [-0.2, -0.15) is 0 Å². The van der Waals surface area contributed by atoms with E-state index in [1.54, 1.807) is 0 Å². The average molecular weight is 311 g/mol. The third-order valence-corrected chi connectivity index (χ3v) is 4.11. The van der Waals surface area contributed by atoms with Crippen LogP contribution in [0.15, 0.2) is 65.3 Å². The summed E-state index contributed by atoms with van der Waals surface area (Å²) in [6.07, 6.45) is 1.95. The van der Waals surface area contributed by atoms with Crippen LogP contribution in [-0.2, 0) is 0 Å². The Balaban J connectivity index is 2.31. The summed E-state index contributed by atoms with van der Waals surface area (Å²) in [5.74, 6) is 1.08. The van der Waals surface area contributed by atoms with Crippen molar-refractivity contribution >= 4 is 37.7 Å². The molecule has 1 N–H and O–H groups in total. The maximum absolute atomic E-state index is 3.68. The number of rotatable bonds is 1. The molecule has 4 rings (SSSR count). The highest BCUT2D eigenvalue weighted by molar-refractivity contribution is 9.10. The normalized spacial score (nSPS) is 11.4. The number of halogens is 1. The molecule has 2 aromatic carbocycles. The van der Waals surface area contributed by atoms with Crippen molar-refractivity contribution in [3.63, 3.8) is 0 Å². The molecule has 0 aliphatic rings. The summed E-state index contributed by atoms with van der Waals surface area (Å²) in [6, 6.07) is 18.9. The predicted molar refractivity (Wildman–Crippen MR) is 82.8 cm³/mol. The lowest BCUT2D eigenvalue weighted by Crippen LogP contribution is -1.93. The molecule has 2 heterocycles. The highest BCUT2D eigenvalue weighted by Crippen LogP contribution is 2.35. The molecule has 19 heavy (non-hydrogen) atoms. The van der Waals surface area contributed by atoms with Crippen LogP contribution in [0.4, 0.5) is 0 Å². The summed E-state index contributed by atoms with van der Waals surface area (Å²) < 4.78 is 3.37. The molecule has 0 bridgehead atoms. The Morgan fingerprint density at radius 1 is 0.842 bits per heavy atom. The van der Waals surface area contributed by atoms with Gasteiger partial charge in [0.15, 0.2) is 0 Å². The number of nitrogens with one attached hydrogen (secondary N) is 1. The Morgan fingerprint density at radius 3 is 2.53 bits per heavy atom. The average Bonchev–Trinajstić information content (AvgIpc) is 3.04. The van der Waals surface area contributed by atoms with E-state index in [4.69, 9.17) is 0 Å². The fourth-order valence-electron chi connectivity index (χ4n) is 2.69. The first-order valence-electron chi connectivity index (χ1n) is 6.18. The Morgan fingerprint density at radius 2 is 1.68 bits per heavy atom. The molecule has 0 aliphatic heterocycles. The summed E-state index contributed by atoms with van der Waals surface area (Å²) in [7, 11) is 0. The van der Waals surface area contributed by atoms with Crippen molar-refractivity contribution < 1.29 is 0 Å². The number of nitrogens with zero attached hydrogens (tertiary/aromatic N) is 1. The number of H-pyrrole nitrogens is 1. The van der Waals surface area contributed by atoms with E-state index >= 15 is 0 Å². The molecule has 2 nitrogen and oxygen atoms in total. The van der Waals surface area contributed by atoms with Crippen molar-refractivity contribution in [2.45, 2.75) is 0 Å². The van der Waals surface area contributed by atoms with Gasteiger partial charge in [-0.25, -0.2) is 0 Å². The van der Waals surface area contributed by atoms with Gasteiger partial charge in [-0.05, 0) is 40.2 Å². The van der Waals surface area contributed by atoms with Gasteiger partial charge in [-0.3, -0.25) is 4.57 Å². The second-order valence-corrected chi connectivity index (χ2v) is 5.40. The third-order valence-electron chi connectivity index (χ3n) is 3.47. The number of fused-ring (bicyclic) bond motifs is 3. The van der Waals surface area contributed by atoms with E-state index in [0.717, 1.165) is 10.3 Å². The van der Waals surface area contributed by atoms with E-state index in [1.165, 1.54) is 21.8 Å². The van der Waals surface area contributed by atoms with Crippen LogP contribution in [0.3, 0.4) is 0 Å². The lowest BCUT2D eigenvalue weighted by atomic mass is 10.2. The van der Waals surface area contributed by atoms with Crippen molar-refractivity contribution in [1.82, 2.24) is 9.55 Å². The van der Waals surface area contributed by atoms with Crippen molar-refractivity contribution in [2.24, 2.45) is 0 Å². The van der Waals surface area contributed by atoms with Gasteiger partial charge < -0.3 is 4.98 Å². The molecule has 0 spiro atoms. The van der Waals surface area contributed by atoms with E-state index in [-0.39, 0.29) is 0 Å². The molecule has 3 heteroatoms. The second kappa shape index (κ2) is 4.00. The zero-order valence-electron chi connectivity index (χ0n) is 10.1. The molecular weight excluding hydrogens is 300 g/mol. The number of aromatic nitrogens is 2. The second-order valence-electron chi connectivity index (χ2n) is 4.54. The maximum atomic E-state index is 3.68. The first kappa shape index (κ1) is 10.9. The molecule has 4 aromatic rings. The van der Waals surface area contributed by atoms with E-state index in [9.17, 15) is 0 Å². The number of hydrogen-bond acceptors (Lipinski definition) is 0. The van der Waals surface area contributed by atoms with Gasteiger partial charge in [0.1, 0.15) is 5.82 Å². The van der Waals surface area contributed by atoms with Crippen molar-refractivity contribution in [2.75, 3.05) is 0 Å². The maximum Gasteiger partial charge on any atom is 0.115 e. The van der Waals surface area contributed by atoms with Gasteiger partial charge in [-0.1, -0.05) is 30.3 Å². The van der Waals surface area contributed by atoms with Gasteiger partial charge >= 0.3 is 0 Å². The number of benzene rings is 2. The summed E-state index contributed by atoms with van der Waals surface area (Å²) >= 11 is 3.68. The van der Waals surface area contributed by atoms with Crippen molar-refractivity contribution in [3.05, 3.63) is 65.3 Å². The fraction of sp³-hybridized carbons (Fsp3) is 0. The van der Waals surface area contributed by atoms with Crippen molar-refractivity contribution in [3.8, 4) is 5.82 Å². The monoisotopic (exact) mass is 310 g/mol. The first-order chi connectivity index (χ1) is 9.36. The molecule has 0 radical (unpaired) electrons. The highest BCUT2D eigenvalue weighted by Gasteiger charge is 2.13. The minimum Gasteiger partial charge on any atom is -0.348 e. The molecule has 0 fully saturated rings. The van der Waals surface area contributed by atoms with Crippen LogP contribution in [0.1, 0.15) is 0 Å². The fourth-order valence-corrected chi connectivity index (χ4v) is 3.23. The first-order valence-corrected chi connectivity index (χ1v) is 6.97. The Bertz CT molecular complexity index is 872. The minimum atomic E-state index is 1.08. The molecular formula is C16H11BrN2. The molecule has 0 atom stereocenters. The predicted octanol–water partition coefficient (Wildman–Crippen LogP) is 4.87.